The molecule has 0 aromatic carbocycles. The molecule has 0 aliphatic carbocycles. The quantitative estimate of drug-likeness (QED) is 0.833. The Morgan fingerprint density at radius 2 is 2.20 bits per heavy atom. The van der Waals surface area contributed by atoms with Crippen LogP contribution in [0.4, 0.5) is 5.69 Å². The van der Waals surface area contributed by atoms with Crippen molar-refractivity contribution in [1.82, 2.24) is 14.9 Å². The van der Waals surface area contributed by atoms with Crippen molar-refractivity contribution in [2.75, 3.05) is 11.9 Å². The van der Waals surface area contributed by atoms with Gasteiger partial charge in [-0.25, -0.2) is 13.1 Å². The summed E-state index contributed by atoms with van der Waals surface area (Å²) in [6.07, 6.45) is 2.85. The summed E-state index contributed by atoms with van der Waals surface area (Å²) in [4.78, 5) is 3.97. The van der Waals surface area contributed by atoms with Crippen molar-refractivity contribution in [3.8, 4) is 0 Å². The van der Waals surface area contributed by atoms with E-state index in [9.17, 15) is 8.42 Å². The minimum absolute atomic E-state index is 0.0696. The summed E-state index contributed by atoms with van der Waals surface area (Å²) in [6, 6.07) is 3.30. The predicted molar refractivity (Wildman–Crippen MR) is 73.7 cm³/mol. The maximum absolute atomic E-state index is 12.3. The van der Waals surface area contributed by atoms with Crippen LogP contribution in [-0.2, 0) is 16.6 Å². The normalized spacial score (nSPS) is 11.5. The van der Waals surface area contributed by atoms with E-state index in [4.69, 9.17) is 4.52 Å². The van der Waals surface area contributed by atoms with Crippen molar-refractivity contribution >= 4 is 15.7 Å². The summed E-state index contributed by atoms with van der Waals surface area (Å²) >= 11 is 0. The minimum atomic E-state index is -3.66. The first kappa shape index (κ1) is 14.5. The van der Waals surface area contributed by atoms with Gasteiger partial charge >= 0.3 is 0 Å². The number of rotatable bonds is 6. The van der Waals surface area contributed by atoms with Gasteiger partial charge in [-0.2, -0.15) is 0 Å². The van der Waals surface area contributed by atoms with Gasteiger partial charge in [0.05, 0.1) is 17.9 Å². The molecule has 2 N–H and O–H groups in total. The molecule has 0 amide bonds. The zero-order valence-electron chi connectivity index (χ0n) is 11.3. The molecule has 0 aliphatic rings. The van der Waals surface area contributed by atoms with Crippen LogP contribution in [0.5, 0.6) is 0 Å². The highest BCUT2D eigenvalue weighted by Gasteiger charge is 2.19. The summed E-state index contributed by atoms with van der Waals surface area (Å²) in [5, 5.41) is 6.73. The van der Waals surface area contributed by atoms with Crippen molar-refractivity contribution in [3.63, 3.8) is 0 Å². The molecule has 0 radical (unpaired) electrons. The fraction of sp³-hybridized carbons (Fsp3) is 0.333. The molecule has 0 unspecified atom stereocenters. The van der Waals surface area contributed by atoms with Crippen molar-refractivity contribution in [2.45, 2.75) is 25.3 Å². The molecule has 2 aromatic heterocycles. The van der Waals surface area contributed by atoms with E-state index < -0.39 is 10.0 Å². The summed E-state index contributed by atoms with van der Waals surface area (Å²) < 4.78 is 31.9. The van der Waals surface area contributed by atoms with Gasteiger partial charge in [0.25, 0.3) is 0 Å². The smallest absolute Gasteiger partial charge is 0.244 e. The van der Waals surface area contributed by atoms with E-state index in [-0.39, 0.29) is 11.4 Å². The van der Waals surface area contributed by atoms with Gasteiger partial charge < -0.3 is 9.84 Å². The van der Waals surface area contributed by atoms with Gasteiger partial charge in [0.2, 0.25) is 10.0 Å². The van der Waals surface area contributed by atoms with E-state index >= 15 is 0 Å². The largest absolute Gasteiger partial charge is 0.384 e. The molecule has 0 atom stereocenters. The maximum atomic E-state index is 12.3. The average molecular weight is 296 g/mol. The summed E-state index contributed by atoms with van der Waals surface area (Å²) in [5.41, 5.74) is 1.05. The van der Waals surface area contributed by atoms with Crippen molar-refractivity contribution in [3.05, 3.63) is 36.0 Å². The molecular formula is C12H16N4O3S. The fourth-order valence-corrected chi connectivity index (χ4v) is 2.80. The monoisotopic (exact) mass is 296 g/mol. The molecular weight excluding hydrogens is 280 g/mol. The standard InChI is InChI=1S/C12H16N4O3S/c1-3-14-11-4-5-13-8-12(11)20(17,18)15-7-10-6-9(2)19-16-10/h4-6,8,15H,3,7H2,1-2H3,(H,13,14). The molecule has 108 valence electrons. The Balaban J connectivity index is 2.18. The zero-order chi connectivity index (χ0) is 14.6. The number of nitrogens with one attached hydrogen (secondary N) is 2. The number of hydrogen-bond acceptors (Lipinski definition) is 6. The molecule has 0 bridgehead atoms. The molecule has 20 heavy (non-hydrogen) atoms. The number of nitrogens with zero attached hydrogens (tertiary/aromatic N) is 2. The minimum Gasteiger partial charge on any atom is -0.384 e. The Kier molecular flexibility index (Phi) is 4.35. The lowest BCUT2D eigenvalue weighted by molar-refractivity contribution is 0.390. The van der Waals surface area contributed by atoms with Crippen molar-refractivity contribution < 1.29 is 12.9 Å². The van der Waals surface area contributed by atoms with Crippen LogP contribution in [-0.4, -0.2) is 25.1 Å². The maximum Gasteiger partial charge on any atom is 0.244 e. The van der Waals surface area contributed by atoms with E-state index in [1.807, 2.05) is 6.92 Å². The van der Waals surface area contributed by atoms with Gasteiger partial charge in [0.15, 0.2) is 0 Å². The fourth-order valence-electron chi connectivity index (χ4n) is 1.68. The number of hydrogen-bond donors (Lipinski definition) is 2. The van der Waals surface area contributed by atoms with Gasteiger partial charge in [-0.3, -0.25) is 4.98 Å². The number of pyridine rings is 1. The Morgan fingerprint density at radius 1 is 1.40 bits per heavy atom. The van der Waals surface area contributed by atoms with Gasteiger partial charge in [0.1, 0.15) is 10.7 Å². The molecule has 0 aliphatic heterocycles. The molecule has 0 spiro atoms. The Morgan fingerprint density at radius 3 is 2.85 bits per heavy atom. The third-order valence-corrected chi connectivity index (χ3v) is 3.99. The molecule has 7 nitrogen and oxygen atoms in total. The topological polar surface area (TPSA) is 97.1 Å². The van der Waals surface area contributed by atoms with Crippen molar-refractivity contribution in [2.24, 2.45) is 0 Å². The second-order valence-electron chi connectivity index (χ2n) is 4.16. The predicted octanol–water partition coefficient (Wildman–Crippen LogP) is 1.29. The molecule has 8 heteroatoms. The van der Waals surface area contributed by atoms with Crippen molar-refractivity contribution in [1.29, 1.82) is 0 Å². The van der Waals surface area contributed by atoms with Gasteiger partial charge in [-0.05, 0) is 19.9 Å². The molecule has 0 saturated carbocycles. The van der Waals surface area contributed by atoms with E-state index in [1.165, 1.54) is 12.4 Å². The number of aromatic nitrogens is 2. The second-order valence-corrected chi connectivity index (χ2v) is 5.89. The number of anilines is 1. The average Bonchev–Trinajstić information content (AvgIpc) is 2.83. The van der Waals surface area contributed by atoms with Gasteiger partial charge in [0, 0.05) is 25.0 Å². The Labute approximate surface area is 117 Å². The summed E-state index contributed by atoms with van der Waals surface area (Å²) in [5.74, 6) is 0.633. The molecule has 2 aromatic rings. The Bertz CT molecular complexity index is 682. The van der Waals surface area contributed by atoms with E-state index in [1.54, 1.807) is 19.1 Å². The van der Waals surface area contributed by atoms with Gasteiger partial charge in [-0.1, -0.05) is 5.16 Å². The first-order valence-corrected chi connectivity index (χ1v) is 7.61. The molecule has 0 saturated heterocycles. The zero-order valence-corrected chi connectivity index (χ0v) is 12.1. The first-order chi connectivity index (χ1) is 9.53. The van der Waals surface area contributed by atoms with Crippen LogP contribution < -0.4 is 10.0 Å². The van der Waals surface area contributed by atoms with Crippen LogP contribution in [0, 0.1) is 6.92 Å². The third kappa shape index (κ3) is 3.34. The van der Waals surface area contributed by atoms with E-state index in [0.717, 1.165) is 0 Å². The highest BCUT2D eigenvalue weighted by Crippen LogP contribution is 2.19. The van der Waals surface area contributed by atoms with E-state index in [2.05, 4.69) is 20.2 Å². The lowest BCUT2D eigenvalue weighted by Gasteiger charge is -2.10. The van der Waals surface area contributed by atoms with Crippen LogP contribution in [0.25, 0.3) is 0 Å². The third-order valence-electron chi connectivity index (χ3n) is 2.56. The molecule has 2 rings (SSSR count). The highest BCUT2D eigenvalue weighted by atomic mass is 32.2. The number of sulfonamides is 1. The number of aryl methyl sites for hydroxylation is 1. The van der Waals surface area contributed by atoms with Crippen LogP contribution >= 0.6 is 0 Å². The van der Waals surface area contributed by atoms with Crippen LogP contribution in [0.15, 0.2) is 33.9 Å². The second kappa shape index (κ2) is 6.02. The van der Waals surface area contributed by atoms with Crippen LogP contribution in [0.2, 0.25) is 0 Å². The van der Waals surface area contributed by atoms with Crippen LogP contribution in [0.3, 0.4) is 0 Å². The lowest BCUT2D eigenvalue weighted by Crippen LogP contribution is -2.24. The molecule has 0 fully saturated rings. The summed E-state index contributed by atoms with van der Waals surface area (Å²) in [7, 11) is -3.66. The molecule has 2 heterocycles. The first-order valence-electron chi connectivity index (χ1n) is 6.12. The Hall–Kier alpha value is -1.93. The SMILES string of the molecule is CCNc1ccncc1S(=O)(=O)NCc1cc(C)on1. The lowest BCUT2D eigenvalue weighted by atomic mass is 10.4. The van der Waals surface area contributed by atoms with Crippen LogP contribution in [0.1, 0.15) is 18.4 Å². The van der Waals surface area contributed by atoms with E-state index in [0.29, 0.717) is 23.7 Å². The summed E-state index contributed by atoms with van der Waals surface area (Å²) in [6.45, 7) is 4.33. The highest BCUT2D eigenvalue weighted by molar-refractivity contribution is 7.89. The van der Waals surface area contributed by atoms with Gasteiger partial charge in [-0.15, -0.1) is 0 Å².